The number of H-pyrrole nitrogens is 1. The molecule has 5 aromatic rings. The molecule has 8 nitrogen and oxygen atoms in total. The number of nitrogens with one attached hydrogen (secondary N) is 2. The fraction of sp³-hybridized carbons (Fsp3) is 0.130. The zero-order valence-corrected chi connectivity index (χ0v) is 17.0. The molecular formula is C23H21N7O. The third-order valence-electron chi connectivity index (χ3n) is 5.32. The number of hydrogen-bond acceptors (Lipinski definition) is 6. The largest absolute Gasteiger partial charge is 0.368 e. The summed E-state index contributed by atoms with van der Waals surface area (Å²) in [6.07, 6.45) is 2.18. The van der Waals surface area contributed by atoms with Crippen molar-refractivity contribution >= 4 is 28.4 Å². The second-order valence-corrected chi connectivity index (χ2v) is 7.35. The lowest BCUT2D eigenvalue weighted by Gasteiger charge is -2.14. The van der Waals surface area contributed by atoms with Crippen molar-refractivity contribution in [3.8, 4) is 11.1 Å². The van der Waals surface area contributed by atoms with Gasteiger partial charge >= 0.3 is 0 Å². The monoisotopic (exact) mass is 411 g/mol. The first-order valence-electron chi connectivity index (χ1n) is 10.0. The Morgan fingerprint density at radius 2 is 1.94 bits per heavy atom. The predicted molar refractivity (Wildman–Crippen MR) is 122 cm³/mol. The van der Waals surface area contributed by atoms with Gasteiger partial charge in [-0.15, -0.1) is 0 Å². The highest BCUT2D eigenvalue weighted by atomic mass is 16.1. The van der Waals surface area contributed by atoms with Crippen molar-refractivity contribution in [3.63, 3.8) is 0 Å². The SMILES string of the molecule is Cc1cccc2cc(CCNc3nc(N)nc4[nH]cnc34)c(-c3ccccc3)c(=O)n12. The maximum atomic E-state index is 13.5. The molecule has 4 N–H and O–H groups in total. The van der Waals surface area contributed by atoms with E-state index >= 15 is 0 Å². The number of rotatable bonds is 5. The number of fused-ring (bicyclic) bond motifs is 2. The van der Waals surface area contributed by atoms with Gasteiger partial charge in [0.15, 0.2) is 11.5 Å². The third kappa shape index (κ3) is 3.38. The summed E-state index contributed by atoms with van der Waals surface area (Å²) < 4.78 is 1.76. The van der Waals surface area contributed by atoms with E-state index in [1.165, 1.54) is 0 Å². The molecule has 5 rings (SSSR count). The Balaban J connectivity index is 1.54. The van der Waals surface area contributed by atoms with Crippen molar-refractivity contribution in [2.75, 3.05) is 17.6 Å². The molecule has 0 aliphatic heterocycles. The first-order valence-corrected chi connectivity index (χ1v) is 10.0. The minimum Gasteiger partial charge on any atom is -0.368 e. The molecular weight excluding hydrogens is 390 g/mol. The van der Waals surface area contributed by atoms with E-state index in [0.717, 1.165) is 22.3 Å². The second-order valence-electron chi connectivity index (χ2n) is 7.35. The van der Waals surface area contributed by atoms with Crippen LogP contribution in [0.25, 0.3) is 27.8 Å². The Labute approximate surface area is 177 Å². The van der Waals surface area contributed by atoms with Gasteiger partial charge in [0.2, 0.25) is 5.95 Å². The Morgan fingerprint density at radius 3 is 2.77 bits per heavy atom. The van der Waals surface area contributed by atoms with Crippen LogP contribution in [0.4, 0.5) is 11.8 Å². The van der Waals surface area contributed by atoms with Crippen LogP contribution < -0.4 is 16.6 Å². The summed E-state index contributed by atoms with van der Waals surface area (Å²) in [5.41, 5.74) is 11.4. The van der Waals surface area contributed by atoms with Gasteiger partial charge in [-0.3, -0.25) is 9.20 Å². The highest BCUT2D eigenvalue weighted by Gasteiger charge is 2.15. The molecule has 31 heavy (non-hydrogen) atoms. The van der Waals surface area contributed by atoms with Crippen LogP contribution in [-0.4, -0.2) is 30.9 Å². The van der Waals surface area contributed by atoms with E-state index in [1.54, 1.807) is 10.7 Å². The molecule has 0 aliphatic carbocycles. The minimum atomic E-state index is -0.0160. The summed E-state index contributed by atoms with van der Waals surface area (Å²) in [5.74, 6) is 0.738. The number of anilines is 2. The third-order valence-corrected chi connectivity index (χ3v) is 5.32. The number of benzene rings is 1. The zero-order chi connectivity index (χ0) is 21.4. The molecule has 154 valence electrons. The van der Waals surface area contributed by atoms with Gasteiger partial charge in [-0.1, -0.05) is 36.4 Å². The quantitative estimate of drug-likeness (QED) is 0.409. The molecule has 8 heteroatoms. The van der Waals surface area contributed by atoms with Gasteiger partial charge in [-0.2, -0.15) is 9.97 Å². The van der Waals surface area contributed by atoms with Crippen LogP contribution >= 0.6 is 0 Å². The van der Waals surface area contributed by atoms with Gasteiger partial charge in [-0.25, -0.2) is 4.98 Å². The summed E-state index contributed by atoms with van der Waals surface area (Å²) in [6, 6.07) is 17.7. The van der Waals surface area contributed by atoms with Gasteiger partial charge in [0.1, 0.15) is 5.52 Å². The van der Waals surface area contributed by atoms with Crippen molar-refractivity contribution in [1.82, 2.24) is 24.3 Å². The summed E-state index contributed by atoms with van der Waals surface area (Å²) in [7, 11) is 0. The Morgan fingerprint density at radius 1 is 1.10 bits per heavy atom. The highest BCUT2D eigenvalue weighted by Crippen LogP contribution is 2.23. The number of aromatic amines is 1. The molecule has 0 unspecified atom stereocenters. The first-order chi connectivity index (χ1) is 15.1. The molecule has 0 bridgehead atoms. The van der Waals surface area contributed by atoms with Crippen LogP contribution in [0.3, 0.4) is 0 Å². The fourth-order valence-electron chi connectivity index (χ4n) is 3.93. The molecule has 0 fully saturated rings. The van der Waals surface area contributed by atoms with Gasteiger partial charge in [0, 0.05) is 17.8 Å². The summed E-state index contributed by atoms with van der Waals surface area (Å²) in [4.78, 5) is 29.1. The Bertz CT molecular complexity index is 1450. The maximum Gasteiger partial charge on any atom is 0.263 e. The number of pyridine rings is 2. The predicted octanol–water partition coefficient (Wildman–Crippen LogP) is 3.18. The molecule has 4 heterocycles. The molecule has 0 radical (unpaired) electrons. The maximum absolute atomic E-state index is 13.5. The summed E-state index contributed by atoms with van der Waals surface area (Å²) >= 11 is 0. The van der Waals surface area contributed by atoms with E-state index in [2.05, 4.69) is 31.3 Å². The van der Waals surface area contributed by atoms with Crippen LogP contribution in [-0.2, 0) is 6.42 Å². The second kappa shape index (κ2) is 7.56. The first kappa shape index (κ1) is 18.8. The minimum absolute atomic E-state index is 0.0160. The standard InChI is InChI=1S/C23H21N7O/c1-14-6-5-9-17-12-16(18(22(31)30(14)17)15-7-3-2-4-8-15)10-11-25-20-19-21(27-13-26-19)29-23(24)28-20/h2-9,12-13H,10-11H2,1H3,(H4,24,25,26,27,28,29). The number of imidazole rings is 1. The normalized spacial score (nSPS) is 11.3. The summed E-state index contributed by atoms with van der Waals surface area (Å²) in [5, 5.41) is 3.30. The van der Waals surface area contributed by atoms with E-state index in [-0.39, 0.29) is 11.5 Å². The molecule has 4 aromatic heterocycles. The van der Waals surface area contributed by atoms with Crippen LogP contribution in [0, 0.1) is 6.92 Å². The van der Waals surface area contributed by atoms with Crippen LogP contribution in [0.1, 0.15) is 11.3 Å². The van der Waals surface area contributed by atoms with E-state index in [1.807, 2.05) is 55.5 Å². The number of nitrogens with zero attached hydrogens (tertiary/aromatic N) is 4. The number of nitrogens with two attached hydrogens (primary N) is 1. The highest BCUT2D eigenvalue weighted by molar-refractivity contribution is 5.83. The van der Waals surface area contributed by atoms with Crippen molar-refractivity contribution in [2.24, 2.45) is 0 Å². The van der Waals surface area contributed by atoms with E-state index in [9.17, 15) is 4.79 Å². The Kier molecular flexibility index (Phi) is 4.59. The van der Waals surface area contributed by atoms with Gasteiger partial charge < -0.3 is 16.0 Å². The van der Waals surface area contributed by atoms with Gasteiger partial charge in [0.25, 0.3) is 5.56 Å². The van der Waals surface area contributed by atoms with Crippen molar-refractivity contribution in [2.45, 2.75) is 13.3 Å². The lowest BCUT2D eigenvalue weighted by molar-refractivity contribution is 0.973. The number of aromatic nitrogens is 5. The van der Waals surface area contributed by atoms with E-state index in [0.29, 0.717) is 35.5 Å². The van der Waals surface area contributed by atoms with Crippen LogP contribution in [0.2, 0.25) is 0 Å². The van der Waals surface area contributed by atoms with Crippen molar-refractivity contribution in [1.29, 1.82) is 0 Å². The number of hydrogen-bond donors (Lipinski definition) is 3. The van der Waals surface area contributed by atoms with E-state index < -0.39 is 0 Å². The fourth-order valence-corrected chi connectivity index (χ4v) is 3.93. The summed E-state index contributed by atoms with van der Waals surface area (Å²) in [6.45, 7) is 2.50. The topological polar surface area (TPSA) is 114 Å². The molecule has 0 saturated heterocycles. The van der Waals surface area contributed by atoms with E-state index in [4.69, 9.17) is 5.73 Å². The molecule has 0 aliphatic rings. The molecule has 1 aromatic carbocycles. The van der Waals surface area contributed by atoms with Crippen LogP contribution in [0.5, 0.6) is 0 Å². The lowest BCUT2D eigenvalue weighted by atomic mass is 9.98. The number of nitrogen functional groups attached to an aromatic ring is 1. The molecule has 0 spiro atoms. The average Bonchev–Trinajstić information content (AvgIpc) is 3.23. The zero-order valence-electron chi connectivity index (χ0n) is 17.0. The van der Waals surface area contributed by atoms with Crippen LogP contribution in [0.15, 0.2) is 65.7 Å². The Hall–Kier alpha value is -4.20. The van der Waals surface area contributed by atoms with Gasteiger partial charge in [-0.05, 0) is 42.7 Å². The lowest BCUT2D eigenvalue weighted by Crippen LogP contribution is -2.21. The van der Waals surface area contributed by atoms with Crippen molar-refractivity contribution < 1.29 is 0 Å². The molecule has 0 saturated carbocycles. The molecule has 0 amide bonds. The van der Waals surface area contributed by atoms with Crippen molar-refractivity contribution in [3.05, 3.63) is 82.5 Å². The average molecular weight is 411 g/mol. The smallest absolute Gasteiger partial charge is 0.263 e. The number of aryl methyl sites for hydroxylation is 1. The van der Waals surface area contributed by atoms with Gasteiger partial charge in [0.05, 0.1) is 11.9 Å². The molecule has 0 atom stereocenters.